The first-order chi connectivity index (χ1) is 12.1. The fourth-order valence-electron chi connectivity index (χ4n) is 2.95. The second-order valence-corrected chi connectivity index (χ2v) is 6.17. The topological polar surface area (TPSA) is 70.5 Å². The van der Waals surface area contributed by atoms with E-state index in [1.54, 1.807) is 19.3 Å². The lowest BCUT2D eigenvalue weighted by Gasteiger charge is -2.34. The van der Waals surface area contributed by atoms with Gasteiger partial charge in [0, 0.05) is 46.0 Å². The van der Waals surface area contributed by atoms with Gasteiger partial charge in [-0.05, 0) is 11.6 Å². The summed E-state index contributed by atoms with van der Waals surface area (Å²) in [5.41, 5.74) is 1.73. The van der Waals surface area contributed by atoms with Gasteiger partial charge in [-0.15, -0.1) is 0 Å². The van der Waals surface area contributed by atoms with E-state index in [2.05, 4.69) is 27.4 Å². The van der Waals surface area contributed by atoms with E-state index >= 15 is 0 Å². The second kappa shape index (κ2) is 7.94. The first kappa shape index (κ1) is 17.2. The molecule has 0 spiro atoms. The van der Waals surface area contributed by atoms with E-state index in [1.165, 1.54) is 10.2 Å². The van der Waals surface area contributed by atoms with Gasteiger partial charge < -0.3 is 10.2 Å². The Morgan fingerprint density at radius 3 is 2.44 bits per heavy atom. The fourth-order valence-corrected chi connectivity index (χ4v) is 2.95. The number of amides is 2. The minimum absolute atomic E-state index is 0.0166. The molecule has 1 aliphatic heterocycles. The highest BCUT2D eigenvalue weighted by Crippen LogP contribution is 2.08. The highest BCUT2D eigenvalue weighted by atomic mass is 16.2. The lowest BCUT2D eigenvalue weighted by atomic mass is 10.2. The molecule has 25 heavy (non-hydrogen) atoms. The molecule has 1 saturated heterocycles. The van der Waals surface area contributed by atoms with Gasteiger partial charge in [0.15, 0.2) is 0 Å². The van der Waals surface area contributed by atoms with Gasteiger partial charge in [-0.25, -0.2) is 0 Å². The molecule has 1 aromatic heterocycles. The molecule has 1 aliphatic rings. The van der Waals surface area contributed by atoms with Crippen molar-refractivity contribution in [2.75, 3.05) is 32.7 Å². The van der Waals surface area contributed by atoms with Gasteiger partial charge in [0.2, 0.25) is 5.91 Å². The molecular formula is C18H23N5O2. The van der Waals surface area contributed by atoms with E-state index < -0.39 is 0 Å². The van der Waals surface area contributed by atoms with Crippen LogP contribution < -0.4 is 5.32 Å². The third-order valence-corrected chi connectivity index (χ3v) is 4.43. The lowest BCUT2D eigenvalue weighted by molar-refractivity contribution is -0.131. The first-order valence-corrected chi connectivity index (χ1v) is 8.44. The molecule has 2 amide bonds. The summed E-state index contributed by atoms with van der Waals surface area (Å²) < 4.78 is 1.49. The predicted molar refractivity (Wildman–Crippen MR) is 93.8 cm³/mol. The molecule has 0 atom stereocenters. The van der Waals surface area contributed by atoms with Crippen molar-refractivity contribution in [1.29, 1.82) is 0 Å². The van der Waals surface area contributed by atoms with Gasteiger partial charge in [-0.3, -0.25) is 19.2 Å². The number of nitrogens with one attached hydrogen (secondary N) is 1. The van der Waals surface area contributed by atoms with Crippen molar-refractivity contribution in [2.24, 2.45) is 7.05 Å². The largest absolute Gasteiger partial charge is 0.342 e. The molecule has 0 saturated carbocycles. The lowest BCUT2D eigenvalue weighted by Crippen LogP contribution is -2.50. The maximum absolute atomic E-state index is 12.3. The number of piperazine rings is 1. The average Bonchev–Trinajstić information content (AvgIpc) is 3.07. The van der Waals surface area contributed by atoms with Crippen molar-refractivity contribution in [3.63, 3.8) is 0 Å². The summed E-state index contributed by atoms with van der Waals surface area (Å²) in [6.45, 7) is 3.98. The van der Waals surface area contributed by atoms with E-state index in [1.807, 2.05) is 23.1 Å². The Bertz CT molecular complexity index is 720. The number of hydrogen-bond donors (Lipinski definition) is 1. The van der Waals surface area contributed by atoms with E-state index in [4.69, 9.17) is 0 Å². The molecule has 132 valence electrons. The summed E-state index contributed by atoms with van der Waals surface area (Å²) in [4.78, 5) is 28.5. The summed E-state index contributed by atoms with van der Waals surface area (Å²) in [5, 5.41) is 6.62. The SMILES string of the molecule is Cn1nccc1C(=O)NCC(=O)N1CCN(Cc2ccccc2)CC1. The van der Waals surface area contributed by atoms with Crippen LogP contribution in [0.4, 0.5) is 0 Å². The molecule has 1 fully saturated rings. The van der Waals surface area contributed by atoms with Crippen LogP contribution in [0.5, 0.6) is 0 Å². The Hall–Kier alpha value is -2.67. The van der Waals surface area contributed by atoms with Crippen molar-refractivity contribution in [3.05, 3.63) is 53.9 Å². The Kier molecular flexibility index (Phi) is 5.45. The molecule has 0 aliphatic carbocycles. The smallest absolute Gasteiger partial charge is 0.269 e. The zero-order chi connectivity index (χ0) is 17.6. The van der Waals surface area contributed by atoms with Crippen LogP contribution >= 0.6 is 0 Å². The number of benzene rings is 1. The summed E-state index contributed by atoms with van der Waals surface area (Å²) in [7, 11) is 1.70. The highest BCUT2D eigenvalue weighted by molar-refractivity contribution is 5.95. The van der Waals surface area contributed by atoms with Crippen molar-refractivity contribution in [1.82, 2.24) is 24.9 Å². The van der Waals surface area contributed by atoms with Gasteiger partial charge in [0.1, 0.15) is 5.69 Å². The molecule has 0 radical (unpaired) electrons. The zero-order valence-electron chi connectivity index (χ0n) is 14.4. The average molecular weight is 341 g/mol. The molecular weight excluding hydrogens is 318 g/mol. The third kappa shape index (κ3) is 4.45. The minimum Gasteiger partial charge on any atom is -0.342 e. The number of carbonyl (C=O) groups excluding carboxylic acids is 2. The van der Waals surface area contributed by atoms with Crippen molar-refractivity contribution >= 4 is 11.8 Å². The van der Waals surface area contributed by atoms with Crippen LogP contribution in [0.3, 0.4) is 0 Å². The van der Waals surface area contributed by atoms with Gasteiger partial charge in [-0.1, -0.05) is 30.3 Å². The number of rotatable bonds is 5. The van der Waals surface area contributed by atoms with Crippen LogP contribution in [0.1, 0.15) is 16.1 Å². The maximum Gasteiger partial charge on any atom is 0.269 e. The number of aryl methyl sites for hydroxylation is 1. The molecule has 0 bridgehead atoms. The molecule has 3 rings (SSSR count). The van der Waals surface area contributed by atoms with Crippen LogP contribution in [0.2, 0.25) is 0 Å². The summed E-state index contributed by atoms with van der Waals surface area (Å²) in [6.07, 6.45) is 1.56. The summed E-state index contributed by atoms with van der Waals surface area (Å²) in [5.74, 6) is -0.328. The van der Waals surface area contributed by atoms with E-state index in [9.17, 15) is 9.59 Å². The Morgan fingerprint density at radius 2 is 1.80 bits per heavy atom. The Morgan fingerprint density at radius 1 is 1.08 bits per heavy atom. The normalized spacial score (nSPS) is 15.2. The first-order valence-electron chi connectivity index (χ1n) is 8.44. The highest BCUT2D eigenvalue weighted by Gasteiger charge is 2.21. The predicted octanol–water partition coefficient (Wildman–Crippen LogP) is 0.494. The van der Waals surface area contributed by atoms with Crippen LogP contribution in [-0.4, -0.2) is 64.1 Å². The molecule has 1 aromatic carbocycles. The van der Waals surface area contributed by atoms with Crippen molar-refractivity contribution in [2.45, 2.75) is 6.54 Å². The van der Waals surface area contributed by atoms with Crippen LogP contribution in [0, 0.1) is 0 Å². The summed E-state index contributed by atoms with van der Waals surface area (Å²) in [6, 6.07) is 12.0. The minimum atomic E-state index is -0.281. The Labute approximate surface area is 147 Å². The van der Waals surface area contributed by atoms with Crippen LogP contribution in [0.15, 0.2) is 42.6 Å². The number of aromatic nitrogens is 2. The van der Waals surface area contributed by atoms with E-state index in [0.717, 1.165) is 19.6 Å². The second-order valence-electron chi connectivity index (χ2n) is 6.17. The zero-order valence-corrected chi connectivity index (χ0v) is 14.4. The van der Waals surface area contributed by atoms with Crippen molar-refractivity contribution < 1.29 is 9.59 Å². The molecule has 1 N–H and O–H groups in total. The quantitative estimate of drug-likeness (QED) is 0.859. The number of nitrogens with zero attached hydrogens (tertiary/aromatic N) is 4. The summed E-state index contributed by atoms with van der Waals surface area (Å²) >= 11 is 0. The number of carbonyl (C=O) groups is 2. The fraction of sp³-hybridized carbons (Fsp3) is 0.389. The van der Waals surface area contributed by atoms with Crippen LogP contribution in [-0.2, 0) is 18.4 Å². The van der Waals surface area contributed by atoms with Crippen molar-refractivity contribution in [3.8, 4) is 0 Å². The van der Waals surface area contributed by atoms with E-state index in [0.29, 0.717) is 18.8 Å². The molecule has 2 heterocycles. The van der Waals surface area contributed by atoms with Gasteiger partial charge in [-0.2, -0.15) is 5.10 Å². The standard InChI is InChI=1S/C18H23N5O2/c1-21-16(7-8-20-21)18(25)19-13-17(24)23-11-9-22(10-12-23)14-15-5-3-2-4-6-15/h2-8H,9-14H2,1H3,(H,19,25). The third-order valence-electron chi connectivity index (χ3n) is 4.43. The molecule has 2 aromatic rings. The maximum atomic E-state index is 12.3. The van der Waals surface area contributed by atoms with Gasteiger partial charge in [0.05, 0.1) is 6.54 Å². The van der Waals surface area contributed by atoms with Crippen LogP contribution in [0.25, 0.3) is 0 Å². The number of hydrogen-bond acceptors (Lipinski definition) is 4. The van der Waals surface area contributed by atoms with Gasteiger partial charge in [0.25, 0.3) is 5.91 Å². The molecule has 0 unspecified atom stereocenters. The monoisotopic (exact) mass is 341 g/mol. The Balaban J connectivity index is 1.42. The molecule has 7 heteroatoms. The van der Waals surface area contributed by atoms with Gasteiger partial charge >= 0.3 is 0 Å². The van der Waals surface area contributed by atoms with E-state index in [-0.39, 0.29) is 18.4 Å². The molecule has 7 nitrogen and oxygen atoms in total.